The Bertz CT molecular complexity index is 1730. The van der Waals surface area contributed by atoms with E-state index in [0.29, 0.717) is 0 Å². The molecule has 2 heteroatoms. The number of thioether (sulfide) groups is 1. The molecule has 2 aliphatic carbocycles. The first kappa shape index (κ1) is 27.9. The average molecular weight is 558 g/mol. The maximum atomic E-state index is 2.51. The fourth-order valence-corrected chi connectivity index (χ4v) is 7.41. The monoisotopic (exact) mass is 557 g/mol. The topological polar surface area (TPSA) is 4.93 Å². The lowest BCUT2D eigenvalue weighted by atomic mass is 9.71. The van der Waals surface area contributed by atoms with Crippen LogP contribution in [0.2, 0.25) is 0 Å². The van der Waals surface area contributed by atoms with E-state index in [2.05, 4.69) is 138 Å². The second-order valence-corrected chi connectivity index (χ2v) is 14.5. The summed E-state index contributed by atoms with van der Waals surface area (Å²) in [5.74, 6) is 1.10. The summed E-state index contributed by atoms with van der Waals surface area (Å²) in [5.41, 5.74) is 14.0. The molecule has 0 atom stereocenters. The molecule has 0 unspecified atom stereocenters. The third kappa shape index (κ3) is 4.95. The van der Waals surface area contributed by atoms with Crippen LogP contribution in [0.4, 0.5) is 0 Å². The van der Waals surface area contributed by atoms with Gasteiger partial charge >= 0.3 is 0 Å². The van der Waals surface area contributed by atoms with Gasteiger partial charge in [0.1, 0.15) is 0 Å². The summed E-state index contributed by atoms with van der Waals surface area (Å²) in [6.07, 6.45) is 14.7. The van der Waals surface area contributed by atoms with Crippen LogP contribution in [-0.2, 0) is 6.42 Å². The molecular weight excluding hydrogens is 515 g/mol. The van der Waals surface area contributed by atoms with Crippen LogP contribution in [0.5, 0.6) is 0 Å². The Labute approximate surface area is 251 Å². The molecule has 3 aromatic carbocycles. The molecular formula is C39H43NS. The number of rotatable bonds is 6. The van der Waals surface area contributed by atoms with Crippen LogP contribution in [0, 0.1) is 17.8 Å². The van der Waals surface area contributed by atoms with Gasteiger partial charge in [-0.25, -0.2) is 0 Å². The van der Waals surface area contributed by atoms with E-state index in [1.54, 1.807) is 0 Å². The third-order valence-corrected chi connectivity index (χ3v) is 11.1. The molecule has 1 aromatic heterocycles. The zero-order chi connectivity index (χ0) is 28.9. The number of allylic oxidation sites excluding steroid dienone is 5. The highest BCUT2D eigenvalue weighted by molar-refractivity contribution is 7.99. The molecule has 41 heavy (non-hydrogen) atoms. The van der Waals surface area contributed by atoms with Gasteiger partial charge in [-0.3, -0.25) is 0 Å². The summed E-state index contributed by atoms with van der Waals surface area (Å²) in [6, 6.07) is 21.1. The summed E-state index contributed by atoms with van der Waals surface area (Å²) in [7, 11) is 0. The number of fused-ring (bicyclic) bond motifs is 4. The van der Waals surface area contributed by atoms with Gasteiger partial charge in [0, 0.05) is 39.4 Å². The van der Waals surface area contributed by atoms with E-state index in [0.717, 1.165) is 25.0 Å². The molecule has 4 aromatic rings. The zero-order valence-corrected chi connectivity index (χ0v) is 26.6. The van der Waals surface area contributed by atoms with E-state index in [1.165, 1.54) is 66.1 Å². The Balaban J connectivity index is 1.43. The van der Waals surface area contributed by atoms with Gasteiger partial charge in [0.2, 0.25) is 0 Å². The Kier molecular flexibility index (Phi) is 7.19. The van der Waals surface area contributed by atoms with Gasteiger partial charge in [0.15, 0.2) is 0 Å². The molecule has 0 spiro atoms. The summed E-state index contributed by atoms with van der Waals surface area (Å²) >= 11 is 1.99. The highest BCUT2D eigenvalue weighted by atomic mass is 32.2. The van der Waals surface area contributed by atoms with Crippen LogP contribution in [0.3, 0.4) is 0 Å². The van der Waals surface area contributed by atoms with E-state index >= 15 is 0 Å². The molecule has 0 fully saturated rings. The van der Waals surface area contributed by atoms with Crippen LogP contribution >= 0.6 is 11.8 Å². The molecule has 6 rings (SSSR count). The maximum Gasteiger partial charge on any atom is 0.0538 e. The summed E-state index contributed by atoms with van der Waals surface area (Å²) in [5, 5.41) is 1.34. The molecule has 0 bridgehead atoms. The summed E-state index contributed by atoms with van der Waals surface area (Å²) in [6.45, 7) is 16.3. The van der Waals surface area contributed by atoms with Crippen molar-refractivity contribution < 1.29 is 0 Å². The second kappa shape index (κ2) is 10.6. The first-order chi connectivity index (χ1) is 19.6. The van der Waals surface area contributed by atoms with Crippen LogP contribution in [0.15, 0.2) is 83.8 Å². The second-order valence-electron chi connectivity index (χ2n) is 13.4. The Morgan fingerprint density at radius 2 is 1.76 bits per heavy atom. The normalized spacial score (nSPS) is 15.0. The zero-order valence-electron chi connectivity index (χ0n) is 25.8. The SMILES string of the molecule is C/C=C\c1c(C)n(-c2cccc3c2Cc2ccc(C4=CCCC=C4)cc2-3)c2ccc(SCC(C)(C)C(C)(C)C)cc12. The van der Waals surface area contributed by atoms with E-state index in [1.807, 2.05) is 11.8 Å². The minimum atomic E-state index is 0.240. The molecule has 1 nitrogen and oxygen atoms in total. The molecule has 0 amide bonds. The molecule has 0 radical (unpaired) electrons. The molecule has 0 N–H and O–H groups in total. The third-order valence-electron chi connectivity index (χ3n) is 9.68. The quantitative estimate of drug-likeness (QED) is 0.188. The maximum absolute atomic E-state index is 2.51. The van der Waals surface area contributed by atoms with Gasteiger partial charge in [-0.05, 0) is 101 Å². The first-order valence-corrected chi connectivity index (χ1v) is 16.1. The van der Waals surface area contributed by atoms with Gasteiger partial charge < -0.3 is 4.57 Å². The van der Waals surface area contributed by atoms with E-state index in [-0.39, 0.29) is 10.8 Å². The van der Waals surface area contributed by atoms with E-state index in [4.69, 9.17) is 0 Å². The lowest BCUT2D eigenvalue weighted by Crippen LogP contribution is -2.31. The molecule has 0 saturated carbocycles. The van der Waals surface area contributed by atoms with Crippen molar-refractivity contribution in [1.82, 2.24) is 4.57 Å². The van der Waals surface area contributed by atoms with Crippen molar-refractivity contribution in [3.63, 3.8) is 0 Å². The average Bonchev–Trinajstić information content (AvgIpc) is 3.46. The predicted molar refractivity (Wildman–Crippen MR) is 181 cm³/mol. The minimum absolute atomic E-state index is 0.240. The molecule has 2 aliphatic rings. The fourth-order valence-electron chi connectivity index (χ4n) is 6.08. The smallest absolute Gasteiger partial charge is 0.0538 e. The summed E-state index contributed by atoms with van der Waals surface area (Å²) in [4.78, 5) is 1.35. The van der Waals surface area contributed by atoms with Crippen molar-refractivity contribution in [3.8, 4) is 16.8 Å². The van der Waals surface area contributed by atoms with Gasteiger partial charge in [0.25, 0.3) is 0 Å². The van der Waals surface area contributed by atoms with Crippen molar-refractivity contribution >= 4 is 34.3 Å². The van der Waals surface area contributed by atoms with Crippen LogP contribution in [0.25, 0.3) is 39.4 Å². The molecule has 0 aliphatic heterocycles. The molecule has 210 valence electrons. The van der Waals surface area contributed by atoms with E-state index in [9.17, 15) is 0 Å². The highest BCUT2D eigenvalue weighted by Crippen LogP contribution is 2.45. The first-order valence-electron chi connectivity index (χ1n) is 15.1. The van der Waals surface area contributed by atoms with Gasteiger partial charge in [-0.15, -0.1) is 11.8 Å². The van der Waals surface area contributed by atoms with Crippen LogP contribution in [0.1, 0.15) is 82.3 Å². The lowest BCUT2D eigenvalue weighted by molar-refractivity contribution is 0.162. The standard InChI is InChI=1S/C39H43NS/c1-8-13-31-26(2)40(37-21-20-30(24-35(31)37)41-25-39(6,7)38(3,4)5)36-17-12-16-32-33-22-28(27-14-10-9-11-15-27)18-19-29(33)23-34(32)36/h8,10,12-22,24H,9,11,23,25H2,1-7H3/b13-8-. The van der Waals surface area contributed by atoms with Crippen molar-refractivity contribution in [2.24, 2.45) is 10.8 Å². The minimum Gasteiger partial charge on any atom is -0.313 e. The Morgan fingerprint density at radius 1 is 0.927 bits per heavy atom. The van der Waals surface area contributed by atoms with Crippen molar-refractivity contribution in [2.75, 3.05) is 5.75 Å². The Morgan fingerprint density at radius 3 is 2.49 bits per heavy atom. The largest absolute Gasteiger partial charge is 0.313 e. The molecule has 1 heterocycles. The Hall–Kier alpha value is -3.23. The number of hydrogen-bond donors (Lipinski definition) is 0. The summed E-state index contributed by atoms with van der Waals surface area (Å²) < 4.78 is 2.51. The number of hydrogen-bond acceptors (Lipinski definition) is 1. The lowest BCUT2D eigenvalue weighted by Gasteiger charge is -2.38. The van der Waals surface area contributed by atoms with E-state index < -0.39 is 0 Å². The van der Waals surface area contributed by atoms with Gasteiger partial charge in [-0.1, -0.05) is 89.3 Å². The highest BCUT2D eigenvalue weighted by Gasteiger charge is 2.32. The predicted octanol–water partition coefficient (Wildman–Crippen LogP) is 11.4. The van der Waals surface area contributed by atoms with Crippen molar-refractivity contribution in [3.05, 3.63) is 107 Å². The molecule has 0 saturated heterocycles. The number of benzene rings is 3. The van der Waals surface area contributed by atoms with Crippen LogP contribution in [-0.4, -0.2) is 10.3 Å². The van der Waals surface area contributed by atoms with Crippen LogP contribution < -0.4 is 0 Å². The van der Waals surface area contributed by atoms with Gasteiger partial charge in [0.05, 0.1) is 5.52 Å². The van der Waals surface area contributed by atoms with Crippen molar-refractivity contribution in [1.29, 1.82) is 0 Å². The fraction of sp³-hybridized carbons (Fsp3) is 0.333. The number of aromatic nitrogens is 1. The van der Waals surface area contributed by atoms with Gasteiger partial charge in [-0.2, -0.15) is 0 Å². The number of nitrogens with zero attached hydrogens (tertiary/aromatic N) is 1. The van der Waals surface area contributed by atoms with Crippen molar-refractivity contribution in [2.45, 2.75) is 72.6 Å².